The van der Waals surface area contributed by atoms with Gasteiger partial charge in [-0.1, -0.05) is 0 Å². The van der Waals surface area contributed by atoms with E-state index in [4.69, 9.17) is 9.52 Å². The Hall–Kier alpha value is -1.88. The molecule has 1 heterocycles. The SMILES string of the molecule is Cc1nc2cc(NC(=O)CCO)ccc2o1. The molecule has 5 heteroatoms. The van der Waals surface area contributed by atoms with Crippen LogP contribution < -0.4 is 5.32 Å². The predicted octanol–water partition coefficient (Wildman–Crippen LogP) is 1.46. The minimum Gasteiger partial charge on any atom is -0.441 e. The summed E-state index contributed by atoms with van der Waals surface area (Å²) in [6.07, 6.45) is 0.0931. The Bertz CT molecular complexity index is 519. The van der Waals surface area contributed by atoms with E-state index in [2.05, 4.69) is 10.3 Å². The second-order valence-corrected chi connectivity index (χ2v) is 3.44. The average molecular weight is 220 g/mol. The summed E-state index contributed by atoms with van der Waals surface area (Å²) in [5.41, 5.74) is 2.05. The number of amides is 1. The maximum Gasteiger partial charge on any atom is 0.226 e. The van der Waals surface area contributed by atoms with Gasteiger partial charge in [0.05, 0.1) is 13.0 Å². The molecule has 16 heavy (non-hydrogen) atoms. The third-order valence-electron chi connectivity index (χ3n) is 2.12. The lowest BCUT2D eigenvalue weighted by molar-refractivity contribution is -0.116. The Kier molecular flexibility index (Phi) is 2.87. The Morgan fingerprint density at radius 2 is 2.38 bits per heavy atom. The molecule has 84 valence electrons. The summed E-state index contributed by atoms with van der Waals surface area (Å²) < 4.78 is 5.31. The van der Waals surface area contributed by atoms with Crippen LogP contribution in [-0.4, -0.2) is 22.6 Å². The van der Waals surface area contributed by atoms with Crippen molar-refractivity contribution < 1.29 is 14.3 Å². The summed E-state index contributed by atoms with van der Waals surface area (Å²) >= 11 is 0. The standard InChI is InChI=1S/C11H12N2O3/c1-7-12-9-6-8(2-3-10(9)16-7)13-11(15)4-5-14/h2-3,6,14H,4-5H2,1H3,(H,13,15). The molecule has 0 fully saturated rings. The third-order valence-corrected chi connectivity index (χ3v) is 2.12. The lowest BCUT2D eigenvalue weighted by Crippen LogP contribution is -2.12. The highest BCUT2D eigenvalue weighted by atomic mass is 16.3. The number of fused-ring (bicyclic) bond motifs is 1. The van der Waals surface area contributed by atoms with Crippen molar-refractivity contribution in [3.8, 4) is 0 Å². The van der Waals surface area contributed by atoms with Gasteiger partial charge in [0, 0.05) is 12.6 Å². The topological polar surface area (TPSA) is 75.4 Å². The lowest BCUT2D eigenvalue weighted by Gasteiger charge is -2.02. The van der Waals surface area contributed by atoms with E-state index in [1.54, 1.807) is 25.1 Å². The summed E-state index contributed by atoms with van der Waals surface area (Å²) in [6, 6.07) is 5.23. The second kappa shape index (κ2) is 4.32. The molecule has 0 saturated heterocycles. The van der Waals surface area contributed by atoms with Gasteiger partial charge in [-0.2, -0.15) is 0 Å². The fourth-order valence-corrected chi connectivity index (χ4v) is 1.45. The smallest absolute Gasteiger partial charge is 0.226 e. The molecular weight excluding hydrogens is 208 g/mol. The quantitative estimate of drug-likeness (QED) is 0.821. The highest BCUT2D eigenvalue weighted by Crippen LogP contribution is 2.19. The fourth-order valence-electron chi connectivity index (χ4n) is 1.45. The van der Waals surface area contributed by atoms with Gasteiger partial charge in [0.25, 0.3) is 0 Å². The molecular formula is C11H12N2O3. The van der Waals surface area contributed by atoms with Gasteiger partial charge < -0.3 is 14.8 Å². The van der Waals surface area contributed by atoms with Crippen LogP contribution >= 0.6 is 0 Å². The van der Waals surface area contributed by atoms with Crippen molar-refractivity contribution >= 4 is 22.7 Å². The van der Waals surface area contributed by atoms with E-state index >= 15 is 0 Å². The molecule has 5 nitrogen and oxygen atoms in total. The Labute approximate surface area is 92.1 Å². The summed E-state index contributed by atoms with van der Waals surface area (Å²) in [5, 5.41) is 11.3. The molecule has 0 radical (unpaired) electrons. The monoisotopic (exact) mass is 220 g/mol. The molecule has 0 saturated carbocycles. The van der Waals surface area contributed by atoms with Gasteiger partial charge in [0.15, 0.2) is 11.5 Å². The number of aliphatic hydroxyl groups is 1. The molecule has 0 unspecified atom stereocenters. The van der Waals surface area contributed by atoms with E-state index in [0.29, 0.717) is 22.7 Å². The number of carbonyl (C=O) groups is 1. The van der Waals surface area contributed by atoms with Gasteiger partial charge in [0.2, 0.25) is 5.91 Å². The number of rotatable bonds is 3. The number of aryl methyl sites for hydroxylation is 1. The normalized spacial score (nSPS) is 10.6. The van der Waals surface area contributed by atoms with Gasteiger partial charge in [-0.15, -0.1) is 0 Å². The van der Waals surface area contributed by atoms with Crippen molar-refractivity contribution in [3.05, 3.63) is 24.1 Å². The van der Waals surface area contributed by atoms with E-state index in [9.17, 15) is 4.79 Å². The predicted molar refractivity (Wildman–Crippen MR) is 59.1 cm³/mol. The zero-order chi connectivity index (χ0) is 11.5. The van der Waals surface area contributed by atoms with Crippen molar-refractivity contribution in [1.29, 1.82) is 0 Å². The first kappa shape index (κ1) is 10.6. The number of nitrogens with zero attached hydrogens (tertiary/aromatic N) is 1. The van der Waals surface area contributed by atoms with Gasteiger partial charge in [-0.3, -0.25) is 4.79 Å². The average Bonchev–Trinajstić information content (AvgIpc) is 2.57. The summed E-state index contributed by atoms with van der Waals surface area (Å²) in [6.45, 7) is 1.61. The van der Waals surface area contributed by atoms with Crippen molar-refractivity contribution in [1.82, 2.24) is 4.98 Å². The maximum atomic E-state index is 11.2. The molecule has 0 bridgehead atoms. The zero-order valence-electron chi connectivity index (χ0n) is 8.86. The molecule has 0 aliphatic rings. The maximum absolute atomic E-state index is 11.2. The van der Waals surface area contributed by atoms with Gasteiger partial charge >= 0.3 is 0 Å². The number of nitrogens with one attached hydrogen (secondary N) is 1. The molecule has 0 aliphatic heterocycles. The molecule has 1 aromatic heterocycles. The third kappa shape index (κ3) is 2.20. The van der Waals surface area contributed by atoms with Gasteiger partial charge in [-0.25, -0.2) is 4.98 Å². The zero-order valence-corrected chi connectivity index (χ0v) is 8.86. The molecule has 2 aromatic rings. The number of aliphatic hydroxyl groups excluding tert-OH is 1. The fraction of sp³-hybridized carbons (Fsp3) is 0.273. The van der Waals surface area contributed by atoms with Crippen LogP contribution in [0.3, 0.4) is 0 Å². The second-order valence-electron chi connectivity index (χ2n) is 3.44. The number of hydrogen-bond donors (Lipinski definition) is 2. The number of benzene rings is 1. The Morgan fingerprint density at radius 3 is 3.12 bits per heavy atom. The highest BCUT2D eigenvalue weighted by Gasteiger charge is 2.05. The first-order valence-corrected chi connectivity index (χ1v) is 4.97. The Balaban J connectivity index is 2.22. The van der Waals surface area contributed by atoms with Crippen molar-refractivity contribution in [2.75, 3.05) is 11.9 Å². The van der Waals surface area contributed by atoms with Crippen LogP contribution in [0.15, 0.2) is 22.6 Å². The minimum atomic E-state index is -0.220. The number of oxazole rings is 1. The first-order chi connectivity index (χ1) is 7.69. The first-order valence-electron chi connectivity index (χ1n) is 4.97. The minimum absolute atomic E-state index is 0.0931. The van der Waals surface area contributed by atoms with Crippen LogP contribution in [0.1, 0.15) is 12.3 Å². The highest BCUT2D eigenvalue weighted by molar-refractivity contribution is 5.92. The van der Waals surface area contributed by atoms with E-state index in [1.165, 1.54) is 0 Å². The van der Waals surface area contributed by atoms with Gasteiger partial charge in [-0.05, 0) is 18.2 Å². The van der Waals surface area contributed by atoms with Crippen LogP contribution in [-0.2, 0) is 4.79 Å². The van der Waals surface area contributed by atoms with E-state index in [-0.39, 0.29) is 18.9 Å². The molecule has 0 spiro atoms. The largest absolute Gasteiger partial charge is 0.441 e. The van der Waals surface area contributed by atoms with Crippen LogP contribution in [0.5, 0.6) is 0 Å². The Morgan fingerprint density at radius 1 is 1.56 bits per heavy atom. The van der Waals surface area contributed by atoms with E-state index < -0.39 is 0 Å². The molecule has 1 aromatic carbocycles. The van der Waals surface area contributed by atoms with E-state index in [1.807, 2.05) is 0 Å². The number of hydrogen-bond acceptors (Lipinski definition) is 4. The number of aromatic nitrogens is 1. The van der Waals surface area contributed by atoms with Crippen LogP contribution in [0.4, 0.5) is 5.69 Å². The van der Waals surface area contributed by atoms with Crippen LogP contribution in [0, 0.1) is 6.92 Å². The molecule has 2 rings (SSSR count). The molecule has 2 N–H and O–H groups in total. The summed E-state index contributed by atoms with van der Waals surface area (Å²) in [4.78, 5) is 15.4. The van der Waals surface area contributed by atoms with Gasteiger partial charge in [0.1, 0.15) is 5.52 Å². The summed E-state index contributed by atoms with van der Waals surface area (Å²) in [5.74, 6) is 0.371. The van der Waals surface area contributed by atoms with Crippen molar-refractivity contribution in [2.24, 2.45) is 0 Å². The number of anilines is 1. The molecule has 0 atom stereocenters. The van der Waals surface area contributed by atoms with Crippen LogP contribution in [0.25, 0.3) is 11.1 Å². The molecule has 0 aliphatic carbocycles. The number of carbonyl (C=O) groups excluding carboxylic acids is 1. The van der Waals surface area contributed by atoms with Crippen molar-refractivity contribution in [3.63, 3.8) is 0 Å². The summed E-state index contributed by atoms with van der Waals surface area (Å²) in [7, 11) is 0. The van der Waals surface area contributed by atoms with E-state index in [0.717, 1.165) is 0 Å². The van der Waals surface area contributed by atoms with Crippen molar-refractivity contribution in [2.45, 2.75) is 13.3 Å². The van der Waals surface area contributed by atoms with Crippen LogP contribution in [0.2, 0.25) is 0 Å². The lowest BCUT2D eigenvalue weighted by atomic mass is 10.3. The molecule has 1 amide bonds.